The van der Waals surface area contributed by atoms with Crippen LogP contribution in [-0.4, -0.2) is 36.0 Å². The van der Waals surface area contributed by atoms with Crippen LogP contribution in [0.1, 0.15) is 51.4 Å². The molecular formula is C15H23NO3. The van der Waals surface area contributed by atoms with Crippen LogP contribution in [-0.2, 0) is 14.3 Å². The van der Waals surface area contributed by atoms with Crippen molar-refractivity contribution in [1.82, 2.24) is 4.90 Å². The van der Waals surface area contributed by atoms with Gasteiger partial charge in [-0.15, -0.1) is 0 Å². The van der Waals surface area contributed by atoms with Gasteiger partial charge in [0, 0.05) is 12.0 Å². The van der Waals surface area contributed by atoms with Gasteiger partial charge in [0.15, 0.2) is 0 Å². The van der Waals surface area contributed by atoms with Crippen LogP contribution < -0.4 is 0 Å². The number of carbonyl (C=O) groups is 2. The Labute approximate surface area is 114 Å². The van der Waals surface area contributed by atoms with Crippen LogP contribution >= 0.6 is 0 Å². The van der Waals surface area contributed by atoms with Crippen molar-refractivity contribution >= 4 is 11.9 Å². The highest BCUT2D eigenvalue weighted by Gasteiger charge is 2.49. The Morgan fingerprint density at radius 2 is 1.79 bits per heavy atom. The number of nitrogens with zero attached hydrogens (tertiary/aromatic N) is 1. The van der Waals surface area contributed by atoms with Gasteiger partial charge in [0.2, 0.25) is 5.91 Å². The molecule has 2 saturated carbocycles. The smallest absolute Gasteiger partial charge is 0.328 e. The first kappa shape index (κ1) is 12.9. The Balaban J connectivity index is 1.81. The molecule has 3 aliphatic rings. The van der Waals surface area contributed by atoms with Gasteiger partial charge in [0.25, 0.3) is 0 Å². The summed E-state index contributed by atoms with van der Waals surface area (Å²) in [6.45, 7) is 0. The average molecular weight is 265 g/mol. The van der Waals surface area contributed by atoms with E-state index in [9.17, 15) is 9.59 Å². The van der Waals surface area contributed by atoms with Crippen molar-refractivity contribution in [2.24, 2.45) is 11.8 Å². The van der Waals surface area contributed by atoms with Crippen LogP contribution in [0.4, 0.5) is 0 Å². The third-order valence-corrected chi connectivity index (χ3v) is 5.27. The molecule has 1 heterocycles. The molecule has 0 radical (unpaired) electrons. The van der Waals surface area contributed by atoms with Crippen molar-refractivity contribution in [2.45, 2.75) is 63.5 Å². The molecule has 4 heteroatoms. The van der Waals surface area contributed by atoms with Crippen LogP contribution in [0.5, 0.6) is 0 Å². The molecule has 1 aliphatic heterocycles. The lowest BCUT2D eigenvalue weighted by atomic mass is 9.82. The molecule has 3 unspecified atom stereocenters. The van der Waals surface area contributed by atoms with Crippen LogP contribution in [0, 0.1) is 11.8 Å². The molecule has 0 aromatic heterocycles. The summed E-state index contributed by atoms with van der Waals surface area (Å²) in [4.78, 5) is 26.5. The van der Waals surface area contributed by atoms with E-state index < -0.39 is 0 Å². The standard InChI is InChI=1S/C15H23NO3/c1-19-15(18)13-9-11-5-2-3-8-12(11)16(13)14(17)10-6-4-7-10/h10-13H,2-9H2,1H3. The molecule has 2 aliphatic carbocycles. The number of esters is 1. The van der Waals surface area contributed by atoms with Crippen molar-refractivity contribution in [2.75, 3.05) is 7.11 Å². The Morgan fingerprint density at radius 3 is 2.42 bits per heavy atom. The van der Waals surface area contributed by atoms with Gasteiger partial charge in [-0.05, 0) is 38.0 Å². The maximum absolute atomic E-state index is 12.6. The average Bonchev–Trinajstić information content (AvgIpc) is 2.74. The molecule has 0 N–H and O–H groups in total. The van der Waals surface area contributed by atoms with E-state index in [-0.39, 0.29) is 23.8 Å². The summed E-state index contributed by atoms with van der Waals surface area (Å²) in [5.74, 6) is 0.688. The second kappa shape index (κ2) is 5.14. The number of methoxy groups -OCH3 is 1. The normalized spacial score (nSPS) is 34.6. The summed E-state index contributed by atoms with van der Waals surface area (Å²) in [6.07, 6.45) is 8.62. The SMILES string of the molecule is COC(=O)C1CC2CCCCC2N1C(=O)C1CCC1. The first-order valence-electron chi connectivity index (χ1n) is 7.62. The molecule has 3 rings (SSSR count). The lowest BCUT2D eigenvalue weighted by molar-refractivity contribution is -0.155. The van der Waals surface area contributed by atoms with Gasteiger partial charge in [0.1, 0.15) is 6.04 Å². The Hall–Kier alpha value is -1.06. The van der Waals surface area contributed by atoms with E-state index in [0.29, 0.717) is 12.0 Å². The fourth-order valence-corrected chi connectivity index (χ4v) is 3.99. The summed E-state index contributed by atoms with van der Waals surface area (Å²) in [7, 11) is 1.43. The number of amides is 1. The molecule has 0 spiro atoms. The second-order valence-corrected chi connectivity index (χ2v) is 6.26. The van der Waals surface area contributed by atoms with Crippen molar-refractivity contribution in [3.8, 4) is 0 Å². The van der Waals surface area contributed by atoms with E-state index in [4.69, 9.17) is 4.74 Å². The summed E-state index contributed by atoms with van der Waals surface area (Å²) in [5, 5.41) is 0. The van der Waals surface area contributed by atoms with Gasteiger partial charge in [-0.2, -0.15) is 0 Å². The van der Waals surface area contributed by atoms with Gasteiger partial charge < -0.3 is 9.64 Å². The first-order chi connectivity index (χ1) is 9.22. The quantitative estimate of drug-likeness (QED) is 0.718. The van der Waals surface area contributed by atoms with Gasteiger partial charge in [-0.25, -0.2) is 4.79 Å². The summed E-state index contributed by atoms with van der Waals surface area (Å²) >= 11 is 0. The predicted molar refractivity (Wildman–Crippen MR) is 70.4 cm³/mol. The molecule has 0 aromatic rings. The fraction of sp³-hybridized carbons (Fsp3) is 0.867. The van der Waals surface area contributed by atoms with E-state index in [1.807, 2.05) is 4.90 Å². The monoisotopic (exact) mass is 265 g/mol. The number of ether oxygens (including phenoxy) is 1. The molecule has 3 fully saturated rings. The van der Waals surface area contributed by atoms with E-state index in [0.717, 1.165) is 38.5 Å². The number of likely N-dealkylation sites (tertiary alicyclic amines) is 1. The van der Waals surface area contributed by atoms with Gasteiger partial charge in [-0.1, -0.05) is 19.3 Å². The minimum atomic E-state index is -0.314. The molecule has 0 bridgehead atoms. The molecule has 106 valence electrons. The first-order valence-corrected chi connectivity index (χ1v) is 7.62. The van der Waals surface area contributed by atoms with E-state index in [1.165, 1.54) is 20.0 Å². The van der Waals surface area contributed by atoms with E-state index >= 15 is 0 Å². The lowest BCUT2D eigenvalue weighted by Gasteiger charge is -2.37. The predicted octanol–water partition coefficient (Wildman–Crippen LogP) is 2.12. The van der Waals surface area contributed by atoms with E-state index in [1.54, 1.807) is 0 Å². The third-order valence-electron chi connectivity index (χ3n) is 5.27. The summed E-state index contributed by atoms with van der Waals surface area (Å²) in [6, 6.07) is -0.0165. The zero-order valence-electron chi connectivity index (χ0n) is 11.6. The molecule has 1 saturated heterocycles. The van der Waals surface area contributed by atoms with Gasteiger partial charge in [-0.3, -0.25) is 4.79 Å². The van der Waals surface area contributed by atoms with Crippen molar-refractivity contribution < 1.29 is 14.3 Å². The summed E-state index contributed by atoms with van der Waals surface area (Å²) in [5.41, 5.74) is 0. The molecule has 1 amide bonds. The number of carbonyl (C=O) groups excluding carboxylic acids is 2. The van der Waals surface area contributed by atoms with Crippen molar-refractivity contribution in [3.05, 3.63) is 0 Å². The zero-order valence-corrected chi connectivity index (χ0v) is 11.6. The number of rotatable bonds is 2. The molecule has 0 aromatic carbocycles. The highest BCUT2D eigenvalue weighted by atomic mass is 16.5. The van der Waals surface area contributed by atoms with E-state index in [2.05, 4.69) is 0 Å². The Kier molecular flexibility index (Phi) is 3.50. The van der Waals surface area contributed by atoms with Crippen LogP contribution in [0.2, 0.25) is 0 Å². The number of hydrogen-bond acceptors (Lipinski definition) is 3. The number of hydrogen-bond donors (Lipinski definition) is 0. The minimum Gasteiger partial charge on any atom is -0.467 e. The fourth-order valence-electron chi connectivity index (χ4n) is 3.99. The topological polar surface area (TPSA) is 46.6 Å². The molecule has 3 atom stereocenters. The highest BCUT2D eigenvalue weighted by molar-refractivity contribution is 5.87. The number of fused-ring (bicyclic) bond motifs is 1. The highest BCUT2D eigenvalue weighted by Crippen LogP contribution is 2.42. The Bertz CT molecular complexity index is 378. The lowest BCUT2D eigenvalue weighted by Crippen LogP contribution is -2.50. The third kappa shape index (κ3) is 2.15. The molecule has 4 nitrogen and oxygen atoms in total. The zero-order chi connectivity index (χ0) is 13.4. The van der Waals surface area contributed by atoms with Crippen LogP contribution in [0.15, 0.2) is 0 Å². The molecule has 19 heavy (non-hydrogen) atoms. The van der Waals surface area contributed by atoms with Crippen molar-refractivity contribution in [1.29, 1.82) is 0 Å². The maximum Gasteiger partial charge on any atom is 0.328 e. The minimum absolute atomic E-state index is 0.174. The largest absolute Gasteiger partial charge is 0.467 e. The van der Waals surface area contributed by atoms with Crippen molar-refractivity contribution in [3.63, 3.8) is 0 Å². The Morgan fingerprint density at radius 1 is 1.05 bits per heavy atom. The van der Waals surface area contributed by atoms with Crippen LogP contribution in [0.3, 0.4) is 0 Å². The second-order valence-electron chi connectivity index (χ2n) is 6.26. The van der Waals surface area contributed by atoms with Gasteiger partial charge >= 0.3 is 5.97 Å². The van der Waals surface area contributed by atoms with Gasteiger partial charge in [0.05, 0.1) is 7.11 Å². The maximum atomic E-state index is 12.6. The van der Waals surface area contributed by atoms with Crippen LogP contribution in [0.25, 0.3) is 0 Å². The summed E-state index contributed by atoms with van der Waals surface area (Å²) < 4.78 is 4.92. The molecular weight excluding hydrogens is 242 g/mol.